The smallest absolute Gasteiger partial charge is 0.150 e. The zero-order valence-corrected chi connectivity index (χ0v) is 21.3. The first-order valence-electron chi connectivity index (χ1n) is 12.9. The molecule has 0 spiro atoms. The normalized spacial score (nSPS) is 15.7. The number of hydrogen-bond donors (Lipinski definition) is 2. The monoisotopic (exact) mass is 500 g/mol. The minimum absolute atomic E-state index is 0.881. The van der Waals surface area contributed by atoms with Crippen LogP contribution in [-0.2, 0) is 6.42 Å². The SMILES string of the molecule is C1=CCN2C=CC=CC2=C1.C1=CCN=C1.c1ccc2c(c1)CCN2.c1ccc2c(c1)Nc1ccccc1O2. The van der Waals surface area contributed by atoms with Gasteiger partial charge in [0.15, 0.2) is 11.5 Å². The Morgan fingerprint density at radius 1 is 0.737 bits per heavy atom. The van der Waals surface area contributed by atoms with Crippen molar-refractivity contribution in [2.24, 2.45) is 4.99 Å². The number of hydrogen-bond acceptors (Lipinski definition) is 5. The molecule has 0 aliphatic carbocycles. The quantitative estimate of drug-likeness (QED) is 0.260. The Hall–Kier alpha value is -4.77. The van der Waals surface area contributed by atoms with Crippen LogP contribution in [0.4, 0.5) is 17.1 Å². The summed E-state index contributed by atoms with van der Waals surface area (Å²) in [5.41, 5.74) is 6.09. The second kappa shape index (κ2) is 13.0. The molecule has 0 fully saturated rings. The molecule has 38 heavy (non-hydrogen) atoms. The maximum atomic E-state index is 5.71. The fraction of sp³-hybridized carbons (Fsp3) is 0.121. The molecular weight excluding hydrogens is 468 g/mol. The van der Waals surface area contributed by atoms with Gasteiger partial charge in [0.05, 0.1) is 17.9 Å². The first-order chi connectivity index (χ1) is 18.9. The van der Waals surface area contributed by atoms with Crippen LogP contribution in [0.2, 0.25) is 0 Å². The van der Waals surface area contributed by atoms with Gasteiger partial charge < -0.3 is 20.3 Å². The standard InChI is InChI=1S/C12H9NO.C9H9N.C8H9N.C4H5N/c1-3-7-11-9(5-1)13-10-6-2-4-8-12(10)14-11;1-3-7-10-8-4-2-6-9(10)5-1;1-2-4-8-7(3-1)5-6-9-8;1-2-4-5-3-1/h1-8,13H;1-7H,8H2;1-4,9H,5-6H2;1-3H,4H2. The number of fused-ring (bicyclic) bond motifs is 4. The lowest BCUT2D eigenvalue weighted by Gasteiger charge is -2.23. The van der Waals surface area contributed by atoms with E-state index < -0.39 is 0 Å². The average Bonchev–Trinajstić information content (AvgIpc) is 3.73. The fourth-order valence-electron chi connectivity index (χ4n) is 4.28. The Balaban J connectivity index is 0.000000109. The average molecular weight is 501 g/mol. The molecule has 5 nitrogen and oxygen atoms in total. The molecule has 5 aliphatic heterocycles. The molecule has 190 valence electrons. The molecule has 3 aromatic carbocycles. The molecule has 0 atom stereocenters. The highest BCUT2D eigenvalue weighted by molar-refractivity contribution is 5.75. The van der Waals surface area contributed by atoms with Gasteiger partial charge in [-0.2, -0.15) is 0 Å². The number of nitrogens with one attached hydrogen (secondary N) is 2. The van der Waals surface area contributed by atoms with Crippen LogP contribution in [-0.4, -0.2) is 30.7 Å². The number of allylic oxidation sites excluding steroid dienone is 6. The molecule has 5 aliphatic rings. The molecular formula is C33H32N4O. The van der Waals surface area contributed by atoms with Crippen molar-refractivity contribution < 1.29 is 4.74 Å². The maximum Gasteiger partial charge on any atom is 0.150 e. The first kappa shape index (κ1) is 24.9. The topological polar surface area (TPSA) is 48.9 Å². The minimum Gasteiger partial charge on any atom is -0.453 e. The molecule has 5 heterocycles. The maximum absolute atomic E-state index is 5.71. The summed E-state index contributed by atoms with van der Waals surface area (Å²) in [5, 5.41) is 6.62. The highest BCUT2D eigenvalue weighted by Gasteiger charge is 2.14. The number of anilines is 3. The van der Waals surface area contributed by atoms with Gasteiger partial charge in [-0.15, -0.1) is 0 Å². The number of benzene rings is 3. The summed E-state index contributed by atoms with van der Waals surface area (Å²) < 4.78 is 5.71. The minimum atomic E-state index is 0.881. The summed E-state index contributed by atoms with van der Waals surface area (Å²) in [6, 6.07) is 24.3. The lowest BCUT2D eigenvalue weighted by atomic mass is 10.2. The van der Waals surface area contributed by atoms with Crippen molar-refractivity contribution in [1.29, 1.82) is 0 Å². The van der Waals surface area contributed by atoms with Crippen LogP contribution < -0.4 is 15.4 Å². The molecule has 0 unspecified atom stereocenters. The third-order valence-corrected chi connectivity index (χ3v) is 6.21. The Kier molecular flexibility index (Phi) is 8.50. The Labute approximate surface area is 224 Å². The number of para-hydroxylation sites is 5. The van der Waals surface area contributed by atoms with E-state index in [1.54, 1.807) is 6.21 Å². The lowest BCUT2D eigenvalue weighted by Crippen LogP contribution is -2.18. The molecule has 0 saturated carbocycles. The van der Waals surface area contributed by atoms with Crippen LogP contribution in [0.15, 0.2) is 138 Å². The van der Waals surface area contributed by atoms with Crippen LogP contribution in [0.3, 0.4) is 0 Å². The van der Waals surface area contributed by atoms with Crippen molar-refractivity contribution in [2.45, 2.75) is 6.42 Å². The molecule has 0 amide bonds. The van der Waals surface area contributed by atoms with Gasteiger partial charge in [0.2, 0.25) is 0 Å². The summed E-state index contributed by atoms with van der Waals surface area (Å²) in [4.78, 5) is 6.06. The second-order valence-electron chi connectivity index (χ2n) is 8.87. The van der Waals surface area contributed by atoms with Crippen molar-refractivity contribution >= 4 is 23.3 Å². The van der Waals surface area contributed by atoms with Gasteiger partial charge in [-0.3, -0.25) is 4.99 Å². The predicted molar refractivity (Wildman–Crippen MR) is 160 cm³/mol. The third kappa shape index (κ3) is 6.71. The van der Waals surface area contributed by atoms with E-state index in [9.17, 15) is 0 Å². The first-order valence-corrected chi connectivity index (χ1v) is 12.9. The number of nitrogens with zero attached hydrogens (tertiary/aromatic N) is 2. The fourth-order valence-corrected chi connectivity index (χ4v) is 4.28. The number of aliphatic imine (C=N–C) groups is 1. The molecule has 8 rings (SSSR count). The van der Waals surface area contributed by atoms with E-state index in [-0.39, 0.29) is 0 Å². The van der Waals surface area contributed by atoms with Crippen LogP contribution in [0.5, 0.6) is 11.5 Å². The van der Waals surface area contributed by atoms with Crippen molar-refractivity contribution in [1.82, 2.24) is 4.90 Å². The van der Waals surface area contributed by atoms with Gasteiger partial charge in [0.25, 0.3) is 0 Å². The van der Waals surface area contributed by atoms with Gasteiger partial charge in [0.1, 0.15) is 0 Å². The van der Waals surface area contributed by atoms with E-state index in [1.807, 2.05) is 60.7 Å². The molecule has 5 heteroatoms. The molecule has 3 aromatic rings. The van der Waals surface area contributed by atoms with E-state index in [0.717, 1.165) is 42.5 Å². The molecule has 0 radical (unpaired) electrons. The zero-order chi connectivity index (χ0) is 25.8. The highest BCUT2D eigenvalue weighted by atomic mass is 16.5. The summed E-state index contributed by atoms with van der Waals surface area (Å²) in [7, 11) is 0. The highest BCUT2D eigenvalue weighted by Crippen LogP contribution is 2.40. The molecule has 0 bridgehead atoms. The molecule has 2 N–H and O–H groups in total. The number of ether oxygens (including phenoxy) is 1. The summed E-state index contributed by atoms with van der Waals surface area (Å²) in [5.74, 6) is 1.76. The second-order valence-corrected chi connectivity index (χ2v) is 8.87. The van der Waals surface area contributed by atoms with Crippen molar-refractivity contribution in [3.05, 3.63) is 139 Å². The van der Waals surface area contributed by atoms with Gasteiger partial charge >= 0.3 is 0 Å². The van der Waals surface area contributed by atoms with Crippen LogP contribution in [0, 0.1) is 0 Å². The van der Waals surface area contributed by atoms with Crippen molar-refractivity contribution in [2.75, 3.05) is 30.3 Å². The Morgan fingerprint density at radius 3 is 2.13 bits per heavy atom. The summed E-state index contributed by atoms with van der Waals surface area (Å²) in [6.45, 7) is 3.01. The largest absolute Gasteiger partial charge is 0.453 e. The van der Waals surface area contributed by atoms with Gasteiger partial charge in [-0.05, 0) is 66.6 Å². The van der Waals surface area contributed by atoms with Gasteiger partial charge in [0, 0.05) is 36.9 Å². The van der Waals surface area contributed by atoms with E-state index in [2.05, 4.69) is 87.4 Å². The van der Waals surface area contributed by atoms with E-state index in [1.165, 1.54) is 23.4 Å². The molecule has 0 saturated heterocycles. The van der Waals surface area contributed by atoms with Gasteiger partial charge in [-0.1, -0.05) is 66.8 Å². The van der Waals surface area contributed by atoms with E-state index in [4.69, 9.17) is 4.74 Å². The van der Waals surface area contributed by atoms with Crippen molar-refractivity contribution in [3.8, 4) is 11.5 Å². The van der Waals surface area contributed by atoms with Crippen LogP contribution in [0.25, 0.3) is 0 Å². The van der Waals surface area contributed by atoms with Crippen LogP contribution in [0.1, 0.15) is 5.56 Å². The summed E-state index contributed by atoms with van der Waals surface area (Å²) in [6.07, 6.45) is 21.6. The van der Waals surface area contributed by atoms with Crippen LogP contribution >= 0.6 is 0 Å². The summed E-state index contributed by atoms with van der Waals surface area (Å²) >= 11 is 0. The Bertz CT molecular complexity index is 1290. The lowest BCUT2D eigenvalue weighted by molar-refractivity contribution is 0.481. The van der Waals surface area contributed by atoms with Crippen molar-refractivity contribution in [3.63, 3.8) is 0 Å². The Morgan fingerprint density at radius 2 is 1.47 bits per heavy atom. The van der Waals surface area contributed by atoms with E-state index >= 15 is 0 Å². The predicted octanol–water partition coefficient (Wildman–Crippen LogP) is 7.64. The third-order valence-electron chi connectivity index (χ3n) is 6.21. The number of rotatable bonds is 0. The zero-order valence-electron chi connectivity index (χ0n) is 21.3. The van der Waals surface area contributed by atoms with Gasteiger partial charge in [-0.25, -0.2) is 0 Å². The molecule has 0 aromatic heterocycles. The van der Waals surface area contributed by atoms with E-state index in [0.29, 0.717) is 0 Å².